The lowest BCUT2D eigenvalue weighted by Gasteiger charge is -2.03. The number of ether oxygens (including phenoxy) is 2. The van der Waals surface area contributed by atoms with Gasteiger partial charge in [-0.25, -0.2) is 0 Å². The highest BCUT2D eigenvalue weighted by Gasteiger charge is 2.05. The lowest BCUT2D eigenvalue weighted by atomic mass is 10.4. The van der Waals surface area contributed by atoms with Crippen molar-refractivity contribution in [2.75, 3.05) is 14.2 Å². The van der Waals surface area contributed by atoms with Gasteiger partial charge in [-0.15, -0.1) is 0 Å². The van der Waals surface area contributed by atoms with E-state index < -0.39 is 0 Å². The number of rotatable bonds is 2. The zero-order chi connectivity index (χ0) is 8.27. The van der Waals surface area contributed by atoms with E-state index in [1.54, 1.807) is 6.07 Å². The molecule has 4 heteroatoms. The Morgan fingerprint density at radius 2 is 2.09 bits per heavy atom. The van der Waals surface area contributed by atoms with Crippen molar-refractivity contribution in [3.05, 3.63) is 22.6 Å². The number of methoxy groups -OCH3 is 2. The van der Waals surface area contributed by atoms with Crippen molar-refractivity contribution in [3.63, 3.8) is 0 Å². The lowest BCUT2D eigenvalue weighted by Crippen LogP contribution is -2.09. The van der Waals surface area contributed by atoms with Crippen LogP contribution >= 0.6 is 0 Å². The van der Waals surface area contributed by atoms with Gasteiger partial charge in [-0.1, -0.05) is 0 Å². The van der Waals surface area contributed by atoms with Crippen molar-refractivity contribution < 1.29 is 9.47 Å². The molecule has 0 amide bonds. The fourth-order valence-corrected chi connectivity index (χ4v) is 0.800. The van der Waals surface area contributed by atoms with Gasteiger partial charge in [0, 0.05) is 12.3 Å². The Bertz CT molecular complexity index is 292. The van der Waals surface area contributed by atoms with Crippen LogP contribution < -0.4 is 15.0 Å². The number of aromatic nitrogens is 1. The number of pyridine rings is 1. The number of nitrogens with one attached hydrogen (secondary N) is 1. The summed E-state index contributed by atoms with van der Waals surface area (Å²) in [6.07, 6.45) is 1.50. The van der Waals surface area contributed by atoms with Crippen molar-refractivity contribution in [2.45, 2.75) is 0 Å². The minimum absolute atomic E-state index is 0.204. The van der Waals surface area contributed by atoms with Gasteiger partial charge in [0.05, 0.1) is 14.2 Å². The molecule has 0 spiro atoms. The second-order valence-corrected chi connectivity index (χ2v) is 1.91. The first-order valence-corrected chi connectivity index (χ1v) is 3.09. The van der Waals surface area contributed by atoms with Gasteiger partial charge >= 0.3 is 0 Å². The fraction of sp³-hybridized carbons (Fsp3) is 0.286. The van der Waals surface area contributed by atoms with E-state index in [1.807, 2.05) is 0 Å². The van der Waals surface area contributed by atoms with Gasteiger partial charge in [-0.2, -0.15) is 0 Å². The quantitative estimate of drug-likeness (QED) is 0.672. The predicted molar refractivity (Wildman–Crippen MR) is 40.2 cm³/mol. The molecule has 0 aliphatic carbocycles. The molecule has 0 atom stereocenters. The highest BCUT2D eigenvalue weighted by molar-refractivity contribution is 5.36. The van der Waals surface area contributed by atoms with Crippen LogP contribution in [0.4, 0.5) is 0 Å². The third-order valence-corrected chi connectivity index (χ3v) is 1.30. The van der Waals surface area contributed by atoms with Crippen LogP contribution in [0.25, 0.3) is 0 Å². The van der Waals surface area contributed by atoms with Gasteiger partial charge < -0.3 is 14.5 Å². The lowest BCUT2D eigenvalue weighted by molar-refractivity contribution is 0.350. The maximum atomic E-state index is 11.0. The average Bonchev–Trinajstić information content (AvgIpc) is 2.04. The summed E-state index contributed by atoms with van der Waals surface area (Å²) >= 11 is 0. The van der Waals surface area contributed by atoms with Crippen LogP contribution in [-0.4, -0.2) is 19.2 Å². The summed E-state index contributed by atoms with van der Waals surface area (Å²) in [5, 5.41) is 0. The van der Waals surface area contributed by atoms with Gasteiger partial charge in [0.25, 0.3) is 5.56 Å². The van der Waals surface area contributed by atoms with E-state index in [2.05, 4.69) is 4.98 Å². The molecule has 11 heavy (non-hydrogen) atoms. The molecule has 60 valence electrons. The summed E-state index contributed by atoms with van der Waals surface area (Å²) in [4.78, 5) is 13.4. The number of H-pyrrole nitrogens is 1. The Hall–Kier alpha value is -1.45. The maximum Gasteiger partial charge on any atom is 0.294 e. The van der Waals surface area contributed by atoms with E-state index in [0.717, 1.165) is 0 Å². The molecule has 0 bridgehead atoms. The van der Waals surface area contributed by atoms with Crippen LogP contribution in [0.2, 0.25) is 0 Å². The molecule has 0 aliphatic rings. The molecule has 0 aromatic carbocycles. The van der Waals surface area contributed by atoms with Gasteiger partial charge in [-0.05, 0) is 0 Å². The molecule has 0 aliphatic heterocycles. The van der Waals surface area contributed by atoms with Gasteiger partial charge in [0.1, 0.15) is 0 Å². The topological polar surface area (TPSA) is 51.3 Å². The second-order valence-electron chi connectivity index (χ2n) is 1.91. The summed E-state index contributed by atoms with van der Waals surface area (Å²) in [6, 6.07) is 1.63. The van der Waals surface area contributed by atoms with Crippen molar-refractivity contribution in [3.8, 4) is 11.5 Å². The summed E-state index contributed by atoms with van der Waals surface area (Å²) < 4.78 is 9.67. The normalized spacial score (nSPS) is 9.27. The van der Waals surface area contributed by atoms with E-state index in [1.165, 1.54) is 20.4 Å². The predicted octanol–water partition coefficient (Wildman–Crippen LogP) is 0.392. The number of hydrogen-bond donors (Lipinski definition) is 1. The highest BCUT2D eigenvalue weighted by Crippen LogP contribution is 2.19. The zero-order valence-electron chi connectivity index (χ0n) is 6.38. The Labute approximate surface area is 63.8 Å². The van der Waals surface area contributed by atoms with Crippen LogP contribution in [-0.2, 0) is 0 Å². The summed E-state index contributed by atoms with van der Waals surface area (Å²) in [5.74, 6) is 0.645. The monoisotopic (exact) mass is 155 g/mol. The molecule has 1 aromatic rings. The molecule has 0 radical (unpaired) electrons. The standard InChI is InChI=1S/C7H9NO3/c1-10-5-3-4-8-7(9)6(5)11-2/h3-4H,1-2H3,(H,8,9). The van der Waals surface area contributed by atoms with Gasteiger partial charge in [-0.3, -0.25) is 4.79 Å². The van der Waals surface area contributed by atoms with E-state index in [0.29, 0.717) is 5.75 Å². The molecule has 1 N–H and O–H groups in total. The summed E-state index contributed by atoms with van der Waals surface area (Å²) in [7, 11) is 2.91. The van der Waals surface area contributed by atoms with E-state index in [9.17, 15) is 4.79 Å². The van der Waals surface area contributed by atoms with E-state index in [-0.39, 0.29) is 11.3 Å². The number of hydrogen-bond acceptors (Lipinski definition) is 3. The van der Waals surface area contributed by atoms with Crippen LogP contribution in [0.1, 0.15) is 0 Å². The molecule has 0 fully saturated rings. The molecular weight excluding hydrogens is 146 g/mol. The van der Waals surface area contributed by atoms with Crippen molar-refractivity contribution in [2.24, 2.45) is 0 Å². The Kier molecular flexibility index (Phi) is 2.15. The molecule has 0 saturated heterocycles. The van der Waals surface area contributed by atoms with Crippen molar-refractivity contribution in [1.29, 1.82) is 0 Å². The Morgan fingerprint density at radius 3 is 2.55 bits per heavy atom. The van der Waals surface area contributed by atoms with Gasteiger partial charge in [0.15, 0.2) is 5.75 Å². The molecule has 4 nitrogen and oxygen atoms in total. The van der Waals surface area contributed by atoms with Crippen molar-refractivity contribution in [1.82, 2.24) is 4.98 Å². The Morgan fingerprint density at radius 1 is 1.36 bits per heavy atom. The highest BCUT2D eigenvalue weighted by atomic mass is 16.5. The largest absolute Gasteiger partial charge is 0.493 e. The van der Waals surface area contributed by atoms with E-state index in [4.69, 9.17) is 9.47 Å². The molecule has 1 aromatic heterocycles. The average molecular weight is 155 g/mol. The first-order valence-electron chi connectivity index (χ1n) is 3.09. The fourth-order valence-electron chi connectivity index (χ4n) is 0.800. The summed E-state index contributed by atoms with van der Waals surface area (Å²) in [6.45, 7) is 0. The smallest absolute Gasteiger partial charge is 0.294 e. The second kappa shape index (κ2) is 3.09. The molecular formula is C7H9NO3. The molecule has 1 heterocycles. The molecule has 0 saturated carbocycles. The third kappa shape index (κ3) is 1.34. The van der Waals surface area contributed by atoms with Crippen LogP contribution in [0.3, 0.4) is 0 Å². The van der Waals surface area contributed by atoms with Crippen LogP contribution in [0, 0.1) is 0 Å². The van der Waals surface area contributed by atoms with Crippen LogP contribution in [0.5, 0.6) is 11.5 Å². The van der Waals surface area contributed by atoms with E-state index >= 15 is 0 Å². The summed E-state index contributed by atoms with van der Waals surface area (Å²) in [5.41, 5.74) is -0.285. The Balaban J connectivity index is 3.24. The number of aromatic amines is 1. The maximum absolute atomic E-state index is 11.0. The molecule has 0 unspecified atom stereocenters. The first-order chi connectivity index (χ1) is 5.29. The first kappa shape index (κ1) is 7.65. The minimum Gasteiger partial charge on any atom is -0.493 e. The van der Waals surface area contributed by atoms with Crippen LogP contribution in [0.15, 0.2) is 17.1 Å². The van der Waals surface area contributed by atoms with Gasteiger partial charge in [0.2, 0.25) is 5.75 Å². The van der Waals surface area contributed by atoms with Crippen molar-refractivity contribution >= 4 is 0 Å². The molecule has 1 rings (SSSR count). The minimum atomic E-state index is -0.285. The zero-order valence-corrected chi connectivity index (χ0v) is 6.38. The SMILES string of the molecule is COc1cc[nH]c(=O)c1OC. The third-order valence-electron chi connectivity index (χ3n) is 1.30.